The van der Waals surface area contributed by atoms with Gasteiger partial charge in [-0.1, -0.05) is 19.9 Å². The van der Waals surface area contributed by atoms with Gasteiger partial charge in [-0.3, -0.25) is 9.59 Å². The Morgan fingerprint density at radius 2 is 1.70 bits per heavy atom. The van der Waals surface area contributed by atoms with Crippen molar-refractivity contribution < 1.29 is 53.0 Å². The molecular weight excluding hydrogens is 383 g/mol. The van der Waals surface area contributed by atoms with Crippen molar-refractivity contribution in [1.29, 1.82) is 0 Å². The molecule has 0 saturated carbocycles. The van der Waals surface area contributed by atoms with Gasteiger partial charge in [-0.25, -0.2) is 0 Å². The van der Waals surface area contributed by atoms with Gasteiger partial charge in [0.25, 0.3) is 0 Å². The molecule has 0 aliphatic rings. The molecule has 0 rings (SSSR count). The van der Waals surface area contributed by atoms with E-state index in [1.165, 1.54) is 0 Å². The maximum absolute atomic E-state index is 12.0. The Kier molecular flexibility index (Phi) is 17.9. The number of rotatable bonds is 18. The molecule has 9 heteroatoms. The molecule has 1 amide bonds. The van der Waals surface area contributed by atoms with Gasteiger partial charge >= 0.3 is 24.8 Å². The molecule has 0 fully saturated rings. The van der Waals surface area contributed by atoms with Gasteiger partial charge in [-0.2, -0.15) is 0 Å². The molecule has 30 heavy (non-hydrogen) atoms. The first-order chi connectivity index (χ1) is 13.7. The van der Waals surface area contributed by atoms with Gasteiger partial charge in [0.2, 0.25) is 5.91 Å². The Balaban J connectivity index is 0. The summed E-state index contributed by atoms with van der Waals surface area (Å²) in [6.45, 7) is 8.20. The van der Waals surface area contributed by atoms with Crippen LogP contribution in [0.3, 0.4) is 0 Å². The number of carboxylic acid groups (broad SMARTS) is 2. The molecule has 0 aromatic heterocycles. The smallest absolute Gasteiger partial charge is 0.550 e. The number of amides is 1. The molecule has 0 aliphatic carbocycles. The van der Waals surface area contributed by atoms with Crippen LogP contribution >= 0.6 is 0 Å². The Hall–Kier alpha value is -1.33. The number of nitrogens with zero attached hydrogens (tertiary/aromatic N) is 1. The number of allylic oxidation sites excluding steroid dienone is 1. The molecule has 3 atom stereocenters. The quantitative estimate of drug-likeness (QED) is 0.0976. The number of carboxylic acids is 2. The van der Waals surface area contributed by atoms with Crippen LogP contribution in [0, 0.1) is 11.8 Å². The van der Waals surface area contributed by atoms with Gasteiger partial charge in [0, 0.05) is 12.3 Å². The van der Waals surface area contributed by atoms with Gasteiger partial charge in [-0.15, -0.1) is 6.58 Å². The van der Waals surface area contributed by atoms with E-state index in [2.05, 4.69) is 11.9 Å². The van der Waals surface area contributed by atoms with E-state index in [-0.39, 0.29) is 55.5 Å². The van der Waals surface area contributed by atoms with Crippen molar-refractivity contribution in [2.24, 2.45) is 11.8 Å². The predicted octanol–water partition coefficient (Wildman–Crippen LogP) is -2.45. The maximum atomic E-state index is 12.0. The second-order valence-corrected chi connectivity index (χ2v) is 7.63. The van der Waals surface area contributed by atoms with Gasteiger partial charge < -0.3 is 29.9 Å². The molecule has 0 radical (unpaired) electrons. The van der Waals surface area contributed by atoms with E-state index in [4.69, 9.17) is 0 Å². The number of carbonyl (C=O) groups excluding carboxylic acids is 2. The fraction of sp³-hybridized carbons (Fsp3) is 0.762. The number of quaternary nitrogens is 1. The van der Waals surface area contributed by atoms with Crippen LogP contribution in [0.1, 0.15) is 52.4 Å². The normalized spacial score (nSPS) is 14.6. The van der Waals surface area contributed by atoms with E-state index in [0.717, 1.165) is 19.3 Å². The number of aliphatic hydroxyl groups excluding tert-OH is 1. The minimum absolute atomic E-state index is 0. The molecule has 168 valence electrons. The van der Waals surface area contributed by atoms with Gasteiger partial charge in [0.05, 0.1) is 38.8 Å². The number of unbranched alkanes of at least 4 members (excludes halogenated alkanes) is 2. The van der Waals surface area contributed by atoms with Crippen molar-refractivity contribution in [2.75, 3.05) is 39.3 Å². The summed E-state index contributed by atoms with van der Waals surface area (Å²) < 4.78 is 0.116. The van der Waals surface area contributed by atoms with E-state index >= 15 is 0 Å². The number of hydrogen-bond acceptors (Lipinski definition) is 5. The van der Waals surface area contributed by atoms with E-state index < -0.39 is 23.8 Å². The minimum atomic E-state index is -1.18. The maximum Gasteiger partial charge on any atom is 1.00 e. The fourth-order valence-electron chi connectivity index (χ4n) is 3.55. The zero-order valence-corrected chi connectivity index (χ0v) is 18.9. The summed E-state index contributed by atoms with van der Waals surface area (Å²) in [4.78, 5) is 35.1. The Labute approximate surface area is 192 Å². The van der Waals surface area contributed by atoms with Crippen LogP contribution < -0.4 is 29.3 Å². The summed E-state index contributed by atoms with van der Waals surface area (Å²) in [6, 6.07) is 0. The molecule has 0 aliphatic heterocycles. The number of aliphatic hydroxyl groups is 1. The minimum Gasteiger partial charge on any atom is -0.550 e. The molecule has 0 heterocycles. The summed E-state index contributed by atoms with van der Waals surface area (Å²) in [5, 5.41) is 33.4. The van der Waals surface area contributed by atoms with Crippen molar-refractivity contribution in [3.63, 3.8) is 0 Å². The van der Waals surface area contributed by atoms with E-state index in [1.807, 2.05) is 6.08 Å². The number of nitrogens with one attached hydrogen (secondary N) is 1. The number of hydrogen-bond donors (Lipinski definition) is 3. The number of aliphatic carboxylic acids is 2. The molecule has 3 unspecified atom stereocenters. The molecular formula is C21H38LiN2O6+. The second-order valence-electron chi connectivity index (χ2n) is 7.63. The monoisotopic (exact) mass is 421 g/mol. The summed E-state index contributed by atoms with van der Waals surface area (Å²) in [5.74, 6) is -3.62. The van der Waals surface area contributed by atoms with Crippen LogP contribution in [0.25, 0.3) is 0 Å². The molecule has 8 nitrogen and oxygen atoms in total. The van der Waals surface area contributed by atoms with Crippen LogP contribution in [0.5, 0.6) is 0 Å². The van der Waals surface area contributed by atoms with Gasteiger partial charge in [-0.05, 0) is 32.1 Å². The third-order valence-electron chi connectivity index (χ3n) is 5.43. The van der Waals surface area contributed by atoms with E-state index in [1.54, 1.807) is 13.8 Å². The summed E-state index contributed by atoms with van der Waals surface area (Å²) in [7, 11) is 0. The fourth-order valence-corrected chi connectivity index (χ4v) is 3.55. The van der Waals surface area contributed by atoms with Crippen molar-refractivity contribution in [1.82, 2.24) is 5.32 Å². The summed E-state index contributed by atoms with van der Waals surface area (Å²) in [6.07, 6.45) is 5.48. The molecule has 0 saturated heterocycles. The number of carbonyl (C=O) groups is 3. The largest absolute Gasteiger partial charge is 1.00 e. The van der Waals surface area contributed by atoms with Crippen LogP contribution in [-0.2, 0) is 14.4 Å². The first-order valence-electron chi connectivity index (χ1n) is 10.5. The first-order valence-corrected chi connectivity index (χ1v) is 10.5. The first kappa shape index (κ1) is 30.9. The second kappa shape index (κ2) is 17.4. The Bertz CT molecular complexity index is 506. The van der Waals surface area contributed by atoms with E-state index in [0.29, 0.717) is 32.4 Å². The third kappa shape index (κ3) is 12.4. The van der Waals surface area contributed by atoms with Gasteiger partial charge in [0.15, 0.2) is 0 Å². The van der Waals surface area contributed by atoms with Crippen molar-refractivity contribution in [3.8, 4) is 0 Å². The summed E-state index contributed by atoms with van der Waals surface area (Å²) in [5.41, 5.74) is 0. The summed E-state index contributed by atoms with van der Waals surface area (Å²) >= 11 is 0. The van der Waals surface area contributed by atoms with Gasteiger partial charge in [0.1, 0.15) is 12.5 Å². The molecule has 0 aromatic rings. The predicted molar refractivity (Wildman–Crippen MR) is 109 cm³/mol. The zero-order chi connectivity index (χ0) is 22.3. The van der Waals surface area contributed by atoms with Crippen LogP contribution in [-0.4, -0.2) is 71.9 Å². The zero-order valence-electron chi connectivity index (χ0n) is 18.9. The topological polar surface area (TPSA) is 127 Å². The van der Waals surface area contributed by atoms with Crippen molar-refractivity contribution >= 4 is 17.8 Å². The molecule has 3 N–H and O–H groups in total. The Morgan fingerprint density at radius 1 is 1.10 bits per heavy atom. The SMILES string of the molecule is C=CCCCCC(=O)NCC[N+](CCO)(CC(CC)C(=O)[O-])CC(CC)C(=O)O.[Li+]. The average molecular weight is 421 g/mol. The van der Waals surface area contributed by atoms with Crippen LogP contribution in [0.4, 0.5) is 0 Å². The van der Waals surface area contributed by atoms with Crippen LogP contribution in [0.15, 0.2) is 12.7 Å². The van der Waals surface area contributed by atoms with Crippen LogP contribution in [0.2, 0.25) is 0 Å². The van der Waals surface area contributed by atoms with E-state index in [9.17, 15) is 29.7 Å². The molecule has 0 aromatic carbocycles. The molecule has 0 spiro atoms. The van der Waals surface area contributed by atoms with Crippen molar-refractivity contribution in [3.05, 3.63) is 12.7 Å². The van der Waals surface area contributed by atoms with Crippen molar-refractivity contribution in [2.45, 2.75) is 52.4 Å². The Morgan fingerprint density at radius 3 is 2.17 bits per heavy atom. The standard InChI is InChI=1S/C21H38N2O6.Li/c1-4-7-8-9-10-19(25)22-11-12-23(13-14-24,15-17(5-2)20(26)27)16-18(6-3)21(28)29;/h4,17-18,24H,1,5-16H2,2-3H3,(H2-,22,25,26,27,28,29);/q;+1. The third-order valence-corrected chi connectivity index (χ3v) is 5.43. The average Bonchev–Trinajstić information content (AvgIpc) is 2.67. The molecule has 0 bridgehead atoms.